The molecule has 1 nitrogen and oxygen atoms in total. The smallest absolute Gasteiger partial charge is 0.0720 e. The summed E-state index contributed by atoms with van der Waals surface area (Å²) in [7, 11) is 0. The lowest BCUT2D eigenvalue weighted by atomic mass is 9.94. The summed E-state index contributed by atoms with van der Waals surface area (Å²) < 4.78 is 6.19. The van der Waals surface area contributed by atoms with Crippen molar-refractivity contribution in [3.8, 4) is 12.3 Å². The Labute approximate surface area is 123 Å². The van der Waals surface area contributed by atoms with Gasteiger partial charge in [0.05, 0.1) is 12.2 Å². The molecule has 1 aliphatic heterocycles. The molecule has 2 rings (SSSR count). The molecule has 0 aromatic heterocycles. The number of terminal acetylenes is 1. The van der Waals surface area contributed by atoms with Gasteiger partial charge in [-0.3, -0.25) is 0 Å². The van der Waals surface area contributed by atoms with Crippen molar-refractivity contribution in [1.29, 1.82) is 0 Å². The Hall–Kier alpha value is -1.26. The van der Waals surface area contributed by atoms with E-state index in [1.54, 1.807) is 0 Å². The molecule has 1 aromatic rings. The number of hydrogen-bond acceptors (Lipinski definition) is 1. The summed E-state index contributed by atoms with van der Waals surface area (Å²) in [6.07, 6.45) is 14.5. The average molecular weight is 270 g/mol. The highest BCUT2D eigenvalue weighted by Crippen LogP contribution is 2.31. The van der Waals surface area contributed by atoms with Crippen molar-refractivity contribution in [3.05, 3.63) is 35.9 Å². The maximum Gasteiger partial charge on any atom is 0.0720 e. The van der Waals surface area contributed by atoms with Gasteiger partial charge in [-0.25, -0.2) is 0 Å². The Morgan fingerprint density at radius 3 is 2.70 bits per heavy atom. The molecule has 0 bridgehead atoms. The van der Waals surface area contributed by atoms with E-state index in [9.17, 15) is 0 Å². The van der Waals surface area contributed by atoms with E-state index in [1.165, 1.54) is 31.2 Å². The summed E-state index contributed by atoms with van der Waals surface area (Å²) >= 11 is 0. The van der Waals surface area contributed by atoms with Crippen LogP contribution in [0.25, 0.3) is 0 Å². The van der Waals surface area contributed by atoms with Gasteiger partial charge in [0.15, 0.2) is 0 Å². The first-order valence-corrected chi connectivity index (χ1v) is 7.99. The first-order chi connectivity index (χ1) is 9.83. The molecule has 0 N–H and O–H groups in total. The summed E-state index contributed by atoms with van der Waals surface area (Å²) in [5.41, 5.74) is 1.38. The van der Waals surface area contributed by atoms with Crippen LogP contribution < -0.4 is 0 Å². The third-order valence-corrected chi connectivity index (χ3v) is 4.24. The van der Waals surface area contributed by atoms with E-state index in [0.717, 1.165) is 19.3 Å². The minimum atomic E-state index is 0.256. The van der Waals surface area contributed by atoms with E-state index in [0.29, 0.717) is 12.0 Å². The molecule has 0 unspecified atom stereocenters. The normalized spacial score (nSPS) is 25.5. The van der Waals surface area contributed by atoms with Crippen LogP contribution in [0.2, 0.25) is 0 Å². The largest absolute Gasteiger partial charge is 0.374 e. The molecule has 1 fully saturated rings. The maximum atomic E-state index is 6.19. The van der Waals surface area contributed by atoms with Gasteiger partial charge in [0.1, 0.15) is 0 Å². The first-order valence-electron chi connectivity index (χ1n) is 7.99. The van der Waals surface area contributed by atoms with E-state index < -0.39 is 0 Å². The van der Waals surface area contributed by atoms with E-state index in [1.807, 2.05) is 0 Å². The summed E-state index contributed by atoms with van der Waals surface area (Å²) in [6.45, 7) is 2.24. The zero-order chi connectivity index (χ0) is 14.2. The second-order valence-electron chi connectivity index (χ2n) is 5.83. The maximum absolute atomic E-state index is 6.19. The quantitative estimate of drug-likeness (QED) is 0.519. The van der Waals surface area contributed by atoms with E-state index >= 15 is 0 Å². The molecule has 1 aromatic carbocycles. The van der Waals surface area contributed by atoms with Gasteiger partial charge in [-0.2, -0.15) is 0 Å². The van der Waals surface area contributed by atoms with Gasteiger partial charge in [0.25, 0.3) is 0 Å². The third-order valence-electron chi connectivity index (χ3n) is 4.24. The van der Waals surface area contributed by atoms with Crippen molar-refractivity contribution in [2.75, 3.05) is 0 Å². The van der Waals surface area contributed by atoms with Gasteiger partial charge in [-0.1, -0.05) is 56.5 Å². The Balaban J connectivity index is 1.80. The van der Waals surface area contributed by atoms with Crippen LogP contribution >= 0.6 is 0 Å². The predicted molar refractivity (Wildman–Crippen MR) is 84.5 cm³/mol. The van der Waals surface area contributed by atoms with Crippen LogP contribution in [0.4, 0.5) is 0 Å². The second kappa shape index (κ2) is 8.12. The van der Waals surface area contributed by atoms with Gasteiger partial charge in [-0.05, 0) is 31.2 Å². The van der Waals surface area contributed by atoms with E-state index in [4.69, 9.17) is 11.2 Å². The number of rotatable bonds is 7. The zero-order valence-corrected chi connectivity index (χ0v) is 12.6. The SMILES string of the molecule is C#C[C@@H]1C[C@H](CCCCC)O[C@@H]1CCc1ccccc1. The van der Waals surface area contributed by atoms with E-state index in [2.05, 4.69) is 43.2 Å². The fourth-order valence-electron chi connectivity index (χ4n) is 3.04. The molecule has 0 spiro atoms. The third kappa shape index (κ3) is 4.39. The second-order valence-corrected chi connectivity index (χ2v) is 5.83. The van der Waals surface area contributed by atoms with Crippen LogP contribution in [-0.4, -0.2) is 12.2 Å². The van der Waals surface area contributed by atoms with Crippen molar-refractivity contribution >= 4 is 0 Å². The molecule has 1 saturated heterocycles. The Bertz CT molecular complexity index is 417. The molecule has 0 amide bonds. The number of hydrogen-bond donors (Lipinski definition) is 0. The predicted octanol–water partition coefficient (Wildman–Crippen LogP) is 4.61. The van der Waals surface area contributed by atoms with E-state index in [-0.39, 0.29) is 6.10 Å². The molecular weight excluding hydrogens is 244 g/mol. The van der Waals surface area contributed by atoms with Gasteiger partial charge >= 0.3 is 0 Å². The van der Waals surface area contributed by atoms with Crippen molar-refractivity contribution < 1.29 is 4.74 Å². The number of ether oxygens (including phenoxy) is 1. The Morgan fingerprint density at radius 1 is 1.20 bits per heavy atom. The van der Waals surface area contributed by atoms with Crippen molar-refractivity contribution in [2.45, 2.75) is 64.1 Å². The molecule has 0 radical (unpaired) electrons. The van der Waals surface area contributed by atoms with Gasteiger partial charge in [0, 0.05) is 5.92 Å². The topological polar surface area (TPSA) is 9.23 Å². The molecule has 20 heavy (non-hydrogen) atoms. The van der Waals surface area contributed by atoms with Crippen molar-refractivity contribution in [2.24, 2.45) is 5.92 Å². The molecule has 1 heteroatoms. The standard InChI is InChI=1S/C19H26O/c1-3-5-7-12-18-15-17(4-2)19(20-18)14-13-16-10-8-6-9-11-16/h2,6,8-11,17-19H,3,5,7,12-15H2,1H3/t17-,18+,19-/m1/s1. The van der Waals surface area contributed by atoms with Gasteiger partial charge < -0.3 is 4.74 Å². The summed E-state index contributed by atoms with van der Waals surface area (Å²) in [4.78, 5) is 0. The fourth-order valence-corrected chi connectivity index (χ4v) is 3.04. The molecular formula is C19H26O. The molecule has 1 aliphatic rings. The molecule has 0 aliphatic carbocycles. The molecule has 108 valence electrons. The van der Waals surface area contributed by atoms with Crippen LogP contribution in [0.15, 0.2) is 30.3 Å². The zero-order valence-electron chi connectivity index (χ0n) is 12.6. The minimum absolute atomic E-state index is 0.256. The molecule has 0 saturated carbocycles. The highest BCUT2D eigenvalue weighted by atomic mass is 16.5. The Kier molecular flexibility index (Phi) is 6.15. The number of aryl methyl sites for hydroxylation is 1. The minimum Gasteiger partial charge on any atom is -0.374 e. The monoisotopic (exact) mass is 270 g/mol. The van der Waals surface area contributed by atoms with Gasteiger partial charge in [0.2, 0.25) is 0 Å². The lowest BCUT2D eigenvalue weighted by Crippen LogP contribution is -2.16. The lowest BCUT2D eigenvalue weighted by molar-refractivity contribution is 0.0297. The first kappa shape index (κ1) is 15.1. The van der Waals surface area contributed by atoms with Crippen LogP contribution in [0.1, 0.15) is 51.0 Å². The van der Waals surface area contributed by atoms with Crippen LogP contribution in [0.3, 0.4) is 0 Å². The van der Waals surface area contributed by atoms with Crippen LogP contribution in [-0.2, 0) is 11.2 Å². The highest BCUT2D eigenvalue weighted by Gasteiger charge is 2.33. The average Bonchev–Trinajstić information content (AvgIpc) is 2.89. The fraction of sp³-hybridized carbons (Fsp3) is 0.579. The molecule has 3 atom stereocenters. The summed E-state index contributed by atoms with van der Waals surface area (Å²) in [5, 5.41) is 0. The summed E-state index contributed by atoms with van der Waals surface area (Å²) in [6, 6.07) is 10.6. The molecule has 1 heterocycles. The number of unbranched alkanes of at least 4 members (excludes halogenated alkanes) is 2. The van der Waals surface area contributed by atoms with Gasteiger partial charge in [-0.15, -0.1) is 12.3 Å². The Morgan fingerprint density at radius 2 is 2.00 bits per heavy atom. The van der Waals surface area contributed by atoms with Crippen molar-refractivity contribution in [3.63, 3.8) is 0 Å². The summed E-state index contributed by atoms with van der Waals surface area (Å²) in [5.74, 6) is 3.26. The van der Waals surface area contributed by atoms with Crippen LogP contribution in [0, 0.1) is 18.3 Å². The highest BCUT2D eigenvalue weighted by molar-refractivity contribution is 5.15. The number of benzene rings is 1. The van der Waals surface area contributed by atoms with Crippen LogP contribution in [0.5, 0.6) is 0 Å². The lowest BCUT2D eigenvalue weighted by Gasteiger charge is -2.15. The van der Waals surface area contributed by atoms with Crippen molar-refractivity contribution in [1.82, 2.24) is 0 Å².